The highest BCUT2D eigenvalue weighted by molar-refractivity contribution is 5.96. The van der Waals surface area contributed by atoms with Crippen LogP contribution in [0.15, 0.2) is 30.7 Å². The lowest BCUT2D eigenvalue weighted by Crippen LogP contribution is -2.45. The van der Waals surface area contributed by atoms with Gasteiger partial charge in [-0.25, -0.2) is 9.78 Å². The molecule has 6 heteroatoms. The fourth-order valence-electron chi connectivity index (χ4n) is 1.96. The molecule has 2 rings (SSSR count). The Morgan fingerprint density at radius 2 is 2.20 bits per heavy atom. The molecule has 2 aromatic rings. The van der Waals surface area contributed by atoms with Crippen LogP contribution in [0.25, 0.3) is 5.65 Å². The van der Waals surface area contributed by atoms with Crippen LogP contribution < -0.4 is 5.32 Å². The molecule has 2 atom stereocenters. The van der Waals surface area contributed by atoms with Gasteiger partial charge in [0.05, 0.1) is 5.56 Å². The molecule has 0 aliphatic heterocycles. The number of imidazole rings is 1. The van der Waals surface area contributed by atoms with E-state index in [2.05, 4.69) is 10.3 Å². The lowest BCUT2D eigenvalue weighted by Gasteiger charge is -2.20. The number of aliphatic carboxylic acids is 1. The molecule has 0 aromatic carbocycles. The predicted molar refractivity (Wildman–Crippen MR) is 73.5 cm³/mol. The smallest absolute Gasteiger partial charge is 0.326 e. The van der Waals surface area contributed by atoms with Gasteiger partial charge >= 0.3 is 5.97 Å². The van der Waals surface area contributed by atoms with Crippen LogP contribution in [-0.2, 0) is 4.79 Å². The largest absolute Gasteiger partial charge is 0.480 e. The van der Waals surface area contributed by atoms with Gasteiger partial charge in [0.2, 0.25) is 0 Å². The van der Waals surface area contributed by atoms with Crippen LogP contribution in [0.4, 0.5) is 0 Å². The van der Waals surface area contributed by atoms with E-state index in [1.807, 2.05) is 6.92 Å². The monoisotopic (exact) mass is 275 g/mol. The zero-order valence-corrected chi connectivity index (χ0v) is 11.4. The number of carbonyl (C=O) groups excluding carboxylic acids is 1. The maximum atomic E-state index is 12.1. The number of carboxylic acid groups (broad SMARTS) is 1. The Morgan fingerprint density at radius 1 is 1.45 bits per heavy atom. The third-order valence-corrected chi connectivity index (χ3v) is 3.42. The van der Waals surface area contributed by atoms with E-state index >= 15 is 0 Å². The molecule has 0 spiro atoms. The van der Waals surface area contributed by atoms with Crippen LogP contribution in [0, 0.1) is 5.92 Å². The summed E-state index contributed by atoms with van der Waals surface area (Å²) in [4.78, 5) is 27.4. The highest BCUT2D eigenvalue weighted by atomic mass is 16.4. The number of nitrogens with zero attached hydrogens (tertiary/aromatic N) is 2. The van der Waals surface area contributed by atoms with E-state index in [1.54, 1.807) is 42.0 Å². The number of carboxylic acids is 1. The predicted octanol–water partition coefficient (Wildman–Crippen LogP) is 1.56. The van der Waals surface area contributed by atoms with Crippen LogP contribution in [0.2, 0.25) is 0 Å². The number of pyridine rings is 1. The number of fused-ring (bicyclic) bond motifs is 1. The molecule has 0 saturated heterocycles. The summed E-state index contributed by atoms with van der Waals surface area (Å²) >= 11 is 0. The Labute approximate surface area is 116 Å². The summed E-state index contributed by atoms with van der Waals surface area (Å²) in [5.41, 5.74) is 1.14. The van der Waals surface area contributed by atoms with E-state index in [0.717, 1.165) is 5.65 Å². The maximum Gasteiger partial charge on any atom is 0.326 e. The molecule has 0 aliphatic rings. The van der Waals surface area contributed by atoms with E-state index in [4.69, 9.17) is 0 Å². The molecule has 0 radical (unpaired) electrons. The van der Waals surface area contributed by atoms with Crippen molar-refractivity contribution in [3.63, 3.8) is 0 Å². The Hall–Kier alpha value is -2.37. The number of hydrogen-bond donors (Lipinski definition) is 2. The van der Waals surface area contributed by atoms with Crippen LogP contribution in [-0.4, -0.2) is 32.4 Å². The lowest BCUT2D eigenvalue weighted by molar-refractivity contribution is -0.140. The van der Waals surface area contributed by atoms with E-state index in [1.165, 1.54) is 0 Å². The Balaban J connectivity index is 2.19. The van der Waals surface area contributed by atoms with Gasteiger partial charge in [0.15, 0.2) is 0 Å². The molecule has 106 valence electrons. The van der Waals surface area contributed by atoms with Crippen molar-refractivity contribution < 1.29 is 14.7 Å². The van der Waals surface area contributed by atoms with Crippen molar-refractivity contribution in [1.82, 2.24) is 14.7 Å². The minimum Gasteiger partial charge on any atom is -0.480 e. The summed E-state index contributed by atoms with van der Waals surface area (Å²) in [7, 11) is 0. The number of carbonyl (C=O) groups is 2. The minimum absolute atomic E-state index is 0.131. The number of aromatic nitrogens is 2. The summed E-state index contributed by atoms with van der Waals surface area (Å²) in [6.07, 6.45) is 5.68. The lowest BCUT2D eigenvalue weighted by atomic mass is 9.99. The molecule has 2 unspecified atom stereocenters. The first kappa shape index (κ1) is 14.0. The van der Waals surface area contributed by atoms with Crippen molar-refractivity contribution in [3.05, 3.63) is 36.3 Å². The third kappa shape index (κ3) is 2.79. The zero-order chi connectivity index (χ0) is 14.7. The Kier molecular flexibility index (Phi) is 4.02. The van der Waals surface area contributed by atoms with Gasteiger partial charge in [0.25, 0.3) is 5.91 Å². The third-order valence-electron chi connectivity index (χ3n) is 3.42. The first-order valence-corrected chi connectivity index (χ1v) is 6.49. The molecule has 2 aromatic heterocycles. The van der Waals surface area contributed by atoms with Gasteiger partial charge in [-0.1, -0.05) is 20.3 Å². The van der Waals surface area contributed by atoms with Crippen molar-refractivity contribution in [2.24, 2.45) is 5.92 Å². The molecule has 1 amide bonds. The van der Waals surface area contributed by atoms with Gasteiger partial charge in [0, 0.05) is 18.6 Å². The summed E-state index contributed by atoms with van der Waals surface area (Å²) in [5, 5.41) is 11.7. The van der Waals surface area contributed by atoms with Crippen molar-refractivity contribution in [1.29, 1.82) is 0 Å². The molecule has 0 bridgehead atoms. The summed E-state index contributed by atoms with van der Waals surface area (Å²) in [5.74, 6) is -1.54. The second-order valence-electron chi connectivity index (χ2n) is 4.79. The molecule has 20 heavy (non-hydrogen) atoms. The van der Waals surface area contributed by atoms with Crippen LogP contribution in [0.5, 0.6) is 0 Å². The molecular weight excluding hydrogens is 258 g/mol. The van der Waals surface area contributed by atoms with Crippen LogP contribution in [0.3, 0.4) is 0 Å². The van der Waals surface area contributed by atoms with E-state index in [0.29, 0.717) is 12.0 Å². The Bertz CT molecular complexity index is 635. The van der Waals surface area contributed by atoms with Crippen LogP contribution >= 0.6 is 0 Å². The van der Waals surface area contributed by atoms with Crippen LogP contribution in [0.1, 0.15) is 30.6 Å². The van der Waals surface area contributed by atoms with Gasteiger partial charge in [-0.2, -0.15) is 0 Å². The SMILES string of the molecule is CCC(C)C(NC(=O)c1ccc2nccn2c1)C(=O)O. The summed E-state index contributed by atoms with van der Waals surface area (Å²) < 4.78 is 1.72. The maximum absolute atomic E-state index is 12.1. The van der Waals surface area contributed by atoms with E-state index < -0.39 is 17.9 Å². The van der Waals surface area contributed by atoms with Gasteiger partial charge in [-0.15, -0.1) is 0 Å². The Morgan fingerprint density at radius 3 is 2.85 bits per heavy atom. The van der Waals surface area contributed by atoms with Gasteiger partial charge in [0.1, 0.15) is 11.7 Å². The van der Waals surface area contributed by atoms with E-state index in [9.17, 15) is 14.7 Å². The van der Waals surface area contributed by atoms with Gasteiger partial charge in [-0.3, -0.25) is 4.79 Å². The average molecular weight is 275 g/mol. The zero-order valence-electron chi connectivity index (χ0n) is 11.4. The standard InChI is InChI=1S/C14H17N3O3/c1-3-9(2)12(14(19)20)16-13(18)10-4-5-11-15-6-7-17(11)8-10/h4-9,12H,3H2,1-2H3,(H,16,18)(H,19,20). The number of rotatable bonds is 5. The normalized spacial score (nSPS) is 13.9. The second kappa shape index (κ2) is 5.73. The van der Waals surface area contributed by atoms with E-state index in [-0.39, 0.29) is 5.92 Å². The average Bonchev–Trinajstić information content (AvgIpc) is 2.90. The highest BCUT2D eigenvalue weighted by Crippen LogP contribution is 2.10. The molecule has 6 nitrogen and oxygen atoms in total. The fourth-order valence-corrected chi connectivity index (χ4v) is 1.96. The highest BCUT2D eigenvalue weighted by Gasteiger charge is 2.25. The fraction of sp³-hybridized carbons (Fsp3) is 0.357. The minimum atomic E-state index is -1.02. The number of hydrogen-bond acceptors (Lipinski definition) is 3. The number of nitrogens with one attached hydrogen (secondary N) is 1. The molecule has 0 aliphatic carbocycles. The van der Waals surface area contributed by atoms with Crippen molar-refractivity contribution >= 4 is 17.5 Å². The quantitative estimate of drug-likeness (QED) is 0.867. The van der Waals surface area contributed by atoms with Gasteiger partial charge < -0.3 is 14.8 Å². The number of amides is 1. The summed E-state index contributed by atoms with van der Waals surface area (Å²) in [6.45, 7) is 3.70. The molecular formula is C14H17N3O3. The molecule has 2 N–H and O–H groups in total. The molecule has 0 saturated carbocycles. The first-order chi connectivity index (χ1) is 9.52. The molecule has 2 heterocycles. The van der Waals surface area contributed by atoms with Crippen molar-refractivity contribution in [2.45, 2.75) is 26.3 Å². The topological polar surface area (TPSA) is 83.7 Å². The van der Waals surface area contributed by atoms with Crippen molar-refractivity contribution in [3.8, 4) is 0 Å². The summed E-state index contributed by atoms with van der Waals surface area (Å²) in [6, 6.07) is 2.46. The second-order valence-corrected chi connectivity index (χ2v) is 4.79. The first-order valence-electron chi connectivity index (χ1n) is 6.49. The van der Waals surface area contributed by atoms with Crippen molar-refractivity contribution in [2.75, 3.05) is 0 Å². The van der Waals surface area contributed by atoms with Gasteiger partial charge in [-0.05, 0) is 18.1 Å². The molecule has 0 fully saturated rings.